The molecule has 5 heteroatoms. The molecule has 3 rings (SSSR count). The molecule has 0 spiro atoms. The van der Waals surface area contributed by atoms with Crippen LogP contribution in [0.5, 0.6) is 11.5 Å². The third-order valence-electron chi connectivity index (χ3n) is 4.48. The first-order valence-electron chi connectivity index (χ1n) is 8.22. The van der Waals surface area contributed by atoms with Crippen LogP contribution in [-0.4, -0.2) is 29.0 Å². The maximum absolute atomic E-state index is 6.02. The Bertz CT molecular complexity index is 681. The zero-order valence-electron chi connectivity index (χ0n) is 14.3. The Labute approximate surface area is 137 Å². The first-order chi connectivity index (χ1) is 11.1. The van der Waals surface area contributed by atoms with Gasteiger partial charge in [-0.2, -0.15) is 5.10 Å². The first-order valence-corrected chi connectivity index (χ1v) is 8.22. The van der Waals surface area contributed by atoms with Crippen LogP contribution in [0.1, 0.15) is 36.3 Å². The van der Waals surface area contributed by atoms with Gasteiger partial charge in [-0.3, -0.25) is 4.68 Å². The molecule has 2 aromatic rings. The average Bonchev–Trinajstić information content (AvgIpc) is 2.81. The number of ether oxygens (including phenoxy) is 2. The third kappa shape index (κ3) is 3.20. The van der Waals surface area contributed by atoms with Gasteiger partial charge in [0.15, 0.2) is 11.5 Å². The molecule has 2 atom stereocenters. The van der Waals surface area contributed by atoms with Gasteiger partial charge in [-0.15, -0.1) is 0 Å². The van der Waals surface area contributed by atoms with E-state index in [2.05, 4.69) is 31.2 Å². The standard InChI is InChI=1S/C18H25N3O2/c1-5-15(18-12(2)20-21(4)13(18)3)19-10-14-11-22-16-8-6-7-9-17(16)23-14/h6-9,14-15,19H,5,10-11H2,1-4H3/t14-,15+/m1/s1. The van der Waals surface area contributed by atoms with Crippen LogP contribution in [0.3, 0.4) is 0 Å². The van der Waals surface area contributed by atoms with Crippen LogP contribution < -0.4 is 14.8 Å². The Kier molecular flexibility index (Phi) is 4.57. The lowest BCUT2D eigenvalue weighted by molar-refractivity contribution is 0.0879. The number of hydrogen-bond donors (Lipinski definition) is 1. The van der Waals surface area contributed by atoms with Crippen molar-refractivity contribution in [1.82, 2.24) is 15.1 Å². The van der Waals surface area contributed by atoms with Crippen molar-refractivity contribution in [2.24, 2.45) is 7.05 Å². The van der Waals surface area contributed by atoms with Crippen LogP contribution >= 0.6 is 0 Å². The number of nitrogens with one attached hydrogen (secondary N) is 1. The SMILES string of the molecule is CC[C@H](NC[C@@H]1COc2ccccc2O1)c1c(C)nn(C)c1C. The molecule has 23 heavy (non-hydrogen) atoms. The third-order valence-corrected chi connectivity index (χ3v) is 4.48. The number of nitrogens with zero attached hydrogens (tertiary/aromatic N) is 2. The monoisotopic (exact) mass is 315 g/mol. The van der Waals surface area contributed by atoms with E-state index in [9.17, 15) is 0 Å². The van der Waals surface area contributed by atoms with Crippen LogP contribution in [0.2, 0.25) is 0 Å². The topological polar surface area (TPSA) is 48.3 Å². The fraction of sp³-hybridized carbons (Fsp3) is 0.500. The number of hydrogen-bond acceptors (Lipinski definition) is 4. The highest BCUT2D eigenvalue weighted by Gasteiger charge is 2.23. The summed E-state index contributed by atoms with van der Waals surface area (Å²) < 4.78 is 13.7. The summed E-state index contributed by atoms with van der Waals surface area (Å²) in [6.07, 6.45) is 1.04. The number of rotatable bonds is 5. The minimum absolute atomic E-state index is 0.0243. The molecule has 0 saturated heterocycles. The van der Waals surface area contributed by atoms with E-state index in [1.54, 1.807) is 0 Å². The average molecular weight is 315 g/mol. The lowest BCUT2D eigenvalue weighted by Crippen LogP contribution is -2.39. The van der Waals surface area contributed by atoms with Gasteiger partial charge in [0.1, 0.15) is 12.7 Å². The highest BCUT2D eigenvalue weighted by Crippen LogP contribution is 2.31. The molecule has 0 aliphatic carbocycles. The highest BCUT2D eigenvalue weighted by molar-refractivity contribution is 5.40. The fourth-order valence-electron chi connectivity index (χ4n) is 3.18. The number of benzene rings is 1. The van der Waals surface area contributed by atoms with Crippen molar-refractivity contribution in [3.63, 3.8) is 0 Å². The Morgan fingerprint density at radius 1 is 1.30 bits per heavy atom. The smallest absolute Gasteiger partial charge is 0.161 e. The molecule has 2 heterocycles. The maximum atomic E-state index is 6.02. The fourth-order valence-corrected chi connectivity index (χ4v) is 3.18. The van der Waals surface area contributed by atoms with Gasteiger partial charge in [0.05, 0.1) is 5.69 Å². The van der Waals surface area contributed by atoms with Gasteiger partial charge in [0.25, 0.3) is 0 Å². The molecular formula is C18H25N3O2. The van der Waals surface area contributed by atoms with Gasteiger partial charge in [0, 0.05) is 30.9 Å². The predicted molar refractivity (Wildman–Crippen MR) is 90.1 cm³/mol. The second kappa shape index (κ2) is 6.62. The van der Waals surface area contributed by atoms with E-state index >= 15 is 0 Å². The number of aryl methyl sites for hydroxylation is 2. The van der Waals surface area contributed by atoms with Crippen molar-refractivity contribution in [1.29, 1.82) is 0 Å². The molecule has 0 saturated carbocycles. The molecule has 5 nitrogen and oxygen atoms in total. The normalized spacial score (nSPS) is 18.0. The molecule has 1 aromatic heterocycles. The molecular weight excluding hydrogens is 290 g/mol. The number of fused-ring (bicyclic) bond motifs is 1. The van der Waals surface area contributed by atoms with Gasteiger partial charge in [-0.1, -0.05) is 19.1 Å². The Morgan fingerprint density at radius 2 is 2.04 bits per heavy atom. The zero-order chi connectivity index (χ0) is 16.4. The molecule has 0 bridgehead atoms. The summed E-state index contributed by atoms with van der Waals surface area (Å²) in [5.74, 6) is 1.65. The van der Waals surface area contributed by atoms with Gasteiger partial charge in [-0.25, -0.2) is 0 Å². The predicted octanol–water partition coefficient (Wildman–Crippen LogP) is 2.92. The summed E-state index contributed by atoms with van der Waals surface area (Å²) in [5, 5.41) is 8.15. The van der Waals surface area contributed by atoms with Crippen molar-refractivity contribution in [3.05, 3.63) is 41.2 Å². The molecule has 124 valence electrons. The van der Waals surface area contributed by atoms with Crippen molar-refractivity contribution in [2.75, 3.05) is 13.2 Å². The van der Waals surface area contributed by atoms with Crippen molar-refractivity contribution >= 4 is 0 Å². The van der Waals surface area contributed by atoms with E-state index in [1.165, 1.54) is 11.3 Å². The highest BCUT2D eigenvalue weighted by atomic mass is 16.6. The second-order valence-electron chi connectivity index (χ2n) is 6.07. The molecule has 1 aliphatic heterocycles. The van der Waals surface area contributed by atoms with Crippen molar-refractivity contribution < 1.29 is 9.47 Å². The summed E-state index contributed by atoms with van der Waals surface area (Å²) in [5.41, 5.74) is 3.61. The molecule has 0 unspecified atom stereocenters. The largest absolute Gasteiger partial charge is 0.486 e. The quantitative estimate of drug-likeness (QED) is 0.921. The van der Waals surface area contributed by atoms with Crippen LogP contribution in [0.4, 0.5) is 0 Å². The van der Waals surface area contributed by atoms with E-state index < -0.39 is 0 Å². The van der Waals surface area contributed by atoms with Crippen LogP contribution in [-0.2, 0) is 7.05 Å². The molecule has 1 aromatic carbocycles. The molecule has 0 radical (unpaired) electrons. The summed E-state index contributed by atoms with van der Waals surface area (Å²) >= 11 is 0. The minimum Gasteiger partial charge on any atom is -0.486 e. The summed E-state index contributed by atoms with van der Waals surface area (Å²) in [4.78, 5) is 0. The minimum atomic E-state index is 0.0243. The van der Waals surface area contributed by atoms with Gasteiger partial charge in [-0.05, 0) is 32.4 Å². The second-order valence-corrected chi connectivity index (χ2v) is 6.07. The van der Waals surface area contributed by atoms with Crippen LogP contribution in [0, 0.1) is 13.8 Å². The van der Waals surface area contributed by atoms with Gasteiger partial charge in [0.2, 0.25) is 0 Å². The van der Waals surface area contributed by atoms with Gasteiger partial charge < -0.3 is 14.8 Å². The van der Waals surface area contributed by atoms with E-state index in [1.807, 2.05) is 36.0 Å². The Balaban J connectivity index is 1.65. The number of para-hydroxylation sites is 2. The molecule has 0 fully saturated rings. The van der Waals surface area contributed by atoms with Gasteiger partial charge >= 0.3 is 0 Å². The molecule has 1 N–H and O–H groups in total. The number of aromatic nitrogens is 2. The van der Waals surface area contributed by atoms with Crippen molar-refractivity contribution in [2.45, 2.75) is 39.3 Å². The van der Waals surface area contributed by atoms with Crippen molar-refractivity contribution in [3.8, 4) is 11.5 Å². The molecule has 1 aliphatic rings. The summed E-state index contributed by atoms with van der Waals surface area (Å²) in [6.45, 7) is 7.71. The molecule has 0 amide bonds. The maximum Gasteiger partial charge on any atom is 0.161 e. The lowest BCUT2D eigenvalue weighted by Gasteiger charge is -2.28. The van der Waals surface area contributed by atoms with E-state index in [4.69, 9.17) is 9.47 Å². The van der Waals surface area contributed by atoms with E-state index in [0.717, 1.165) is 30.2 Å². The summed E-state index contributed by atoms with van der Waals surface area (Å²) in [6, 6.07) is 8.10. The lowest BCUT2D eigenvalue weighted by atomic mass is 10.0. The van der Waals surface area contributed by atoms with E-state index in [-0.39, 0.29) is 12.1 Å². The summed E-state index contributed by atoms with van der Waals surface area (Å²) in [7, 11) is 1.99. The van der Waals surface area contributed by atoms with E-state index in [0.29, 0.717) is 6.61 Å². The Hall–Kier alpha value is -2.01. The first kappa shape index (κ1) is 15.9. The van der Waals surface area contributed by atoms with Crippen LogP contribution in [0.25, 0.3) is 0 Å². The zero-order valence-corrected chi connectivity index (χ0v) is 14.3. The Morgan fingerprint density at radius 3 is 2.70 bits per heavy atom. The van der Waals surface area contributed by atoms with Crippen LogP contribution in [0.15, 0.2) is 24.3 Å².